The molecule has 2 N–H and O–H groups in total. The van der Waals surface area contributed by atoms with E-state index in [-0.39, 0.29) is 24.2 Å². The highest BCUT2D eigenvalue weighted by Crippen LogP contribution is 2.11. The third kappa shape index (κ3) is 4.59. The molecule has 0 bridgehead atoms. The van der Waals surface area contributed by atoms with Crippen molar-refractivity contribution in [2.45, 2.75) is 12.8 Å². The largest absolute Gasteiger partial charge is 0.355 e. The van der Waals surface area contributed by atoms with Crippen LogP contribution in [0.25, 0.3) is 0 Å². The molecule has 5 heteroatoms. The lowest BCUT2D eigenvalue weighted by Crippen LogP contribution is -2.33. The minimum atomic E-state index is 0. The van der Waals surface area contributed by atoms with Crippen LogP contribution >= 0.6 is 28.3 Å². The fourth-order valence-electron chi connectivity index (χ4n) is 2.00. The summed E-state index contributed by atoms with van der Waals surface area (Å²) in [5.74, 6) is 0.354. The highest BCUT2D eigenvalue weighted by atomic mass is 79.9. The number of benzene rings is 1. The number of amides is 1. The van der Waals surface area contributed by atoms with Gasteiger partial charge in [-0.15, -0.1) is 12.4 Å². The molecule has 1 aromatic rings. The molecule has 0 saturated carbocycles. The van der Waals surface area contributed by atoms with Gasteiger partial charge in [-0.25, -0.2) is 0 Å². The third-order valence-corrected chi connectivity index (χ3v) is 3.59. The van der Waals surface area contributed by atoms with Gasteiger partial charge >= 0.3 is 0 Å². The van der Waals surface area contributed by atoms with Crippen molar-refractivity contribution in [3.8, 4) is 0 Å². The van der Waals surface area contributed by atoms with Crippen LogP contribution in [0.1, 0.15) is 12.0 Å². The predicted molar refractivity (Wildman–Crippen MR) is 79.1 cm³/mol. The predicted octanol–water partition coefficient (Wildman–Crippen LogP) is 2.14. The first kappa shape index (κ1) is 15.5. The molecular weight excluding hydrogens is 316 g/mol. The van der Waals surface area contributed by atoms with E-state index in [0.29, 0.717) is 0 Å². The molecule has 0 spiro atoms. The Morgan fingerprint density at radius 3 is 2.72 bits per heavy atom. The molecule has 0 radical (unpaired) electrons. The van der Waals surface area contributed by atoms with E-state index in [0.717, 1.165) is 36.9 Å². The Balaban J connectivity index is 0.00000162. The Morgan fingerprint density at radius 2 is 2.11 bits per heavy atom. The topological polar surface area (TPSA) is 41.1 Å². The van der Waals surface area contributed by atoms with Gasteiger partial charge in [-0.3, -0.25) is 4.79 Å². The van der Waals surface area contributed by atoms with Crippen LogP contribution in [-0.2, 0) is 11.2 Å². The minimum absolute atomic E-state index is 0. The SMILES string of the molecule is Cl.O=C(NCCc1ccc(Br)cc1)C1CCNC1. The second kappa shape index (κ2) is 7.77. The molecule has 0 aromatic heterocycles. The van der Waals surface area contributed by atoms with Gasteiger partial charge in [0.2, 0.25) is 5.91 Å². The van der Waals surface area contributed by atoms with Crippen molar-refractivity contribution in [1.29, 1.82) is 0 Å². The molecule has 0 aliphatic carbocycles. The van der Waals surface area contributed by atoms with Gasteiger partial charge in [0.25, 0.3) is 0 Å². The first-order valence-electron chi connectivity index (χ1n) is 5.98. The van der Waals surface area contributed by atoms with Gasteiger partial charge in [-0.1, -0.05) is 28.1 Å². The van der Waals surface area contributed by atoms with Gasteiger partial charge in [0.1, 0.15) is 0 Å². The molecule has 100 valence electrons. The Morgan fingerprint density at radius 1 is 1.39 bits per heavy atom. The number of rotatable bonds is 4. The van der Waals surface area contributed by atoms with Crippen LogP contribution < -0.4 is 10.6 Å². The molecule has 2 rings (SSSR count). The van der Waals surface area contributed by atoms with Gasteiger partial charge in [-0.05, 0) is 37.1 Å². The molecule has 1 unspecified atom stereocenters. The van der Waals surface area contributed by atoms with Gasteiger partial charge in [0.05, 0.1) is 5.92 Å². The van der Waals surface area contributed by atoms with E-state index >= 15 is 0 Å². The van der Waals surface area contributed by atoms with Gasteiger partial charge in [0.15, 0.2) is 0 Å². The lowest BCUT2D eigenvalue weighted by molar-refractivity contribution is -0.124. The number of hydrogen-bond acceptors (Lipinski definition) is 2. The van der Waals surface area contributed by atoms with Crippen molar-refractivity contribution in [1.82, 2.24) is 10.6 Å². The van der Waals surface area contributed by atoms with E-state index < -0.39 is 0 Å². The van der Waals surface area contributed by atoms with E-state index in [2.05, 4.69) is 38.7 Å². The van der Waals surface area contributed by atoms with E-state index in [1.165, 1.54) is 5.56 Å². The van der Waals surface area contributed by atoms with E-state index in [9.17, 15) is 4.79 Å². The second-order valence-corrected chi connectivity index (χ2v) is 5.27. The lowest BCUT2D eigenvalue weighted by Gasteiger charge is -2.09. The molecule has 1 amide bonds. The molecular formula is C13H18BrClN2O. The maximum absolute atomic E-state index is 11.7. The average molecular weight is 334 g/mol. The number of nitrogens with one attached hydrogen (secondary N) is 2. The fourth-order valence-corrected chi connectivity index (χ4v) is 2.27. The van der Waals surface area contributed by atoms with Crippen LogP contribution in [0.15, 0.2) is 28.7 Å². The van der Waals surface area contributed by atoms with Crippen LogP contribution in [-0.4, -0.2) is 25.5 Å². The summed E-state index contributed by atoms with van der Waals surface area (Å²) in [7, 11) is 0. The Kier molecular flexibility index (Phi) is 6.68. The van der Waals surface area contributed by atoms with E-state index in [1.807, 2.05) is 12.1 Å². The van der Waals surface area contributed by atoms with Crippen molar-refractivity contribution in [3.05, 3.63) is 34.3 Å². The Hall–Kier alpha value is -0.580. The van der Waals surface area contributed by atoms with Crippen LogP contribution in [0.5, 0.6) is 0 Å². The van der Waals surface area contributed by atoms with Crippen LogP contribution in [0.4, 0.5) is 0 Å². The molecule has 1 atom stereocenters. The summed E-state index contributed by atoms with van der Waals surface area (Å²) in [4.78, 5) is 11.7. The number of halogens is 2. The second-order valence-electron chi connectivity index (χ2n) is 4.36. The molecule has 18 heavy (non-hydrogen) atoms. The normalized spacial score (nSPS) is 18.2. The lowest BCUT2D eigenvalue weighted by atomic mass is 10.1. The standard InChI is InChI=1S/C13H17BrN2O.ClH/c14-12-3-1-10(2-4-12)5-8-16-13(17)11-6-7-15-9-11;/h1-4,11,15H,5-9H2,(H,16,17);1H. The van der Waals surface area contributed by atoms with Crippen LogP contribution in [0.3, 0.4) is 0 Å². The van der Waals surface area contributed by atoms with Gasteiger partial charge < -0.3 is 10.6 Å². The summed E-state index contributed by atoms with van der Waals surface area (Å²) in [5.41, 5.74) is 1.25. The first-order chi connectivity index (χ1) is 8.25. The molecule has 1 aliphatic heterocycles. The van der Waals surface area contributed by atoms with Crippen molar-refractivity contribution >= 4 is 34.2 Å². The van der Waals surface area contributed by atoms with E-state index in [1.54, 1.807) is 0 Å². The number of carbonyl (C=O) groups excluding carboxylic acids is 1. The third-order valence-electron chi connectivity index (χ3n) is 3.06. The summed E-state index contributed by atoms with van der Waals surface area (Å²) in [6, 6.07) is 8.21. The molecule has 1 heterocycles. The van der Waals surface area contributed by atoms with Crippen molar-refractivity contribution in [2.24, 2.45) is 5.92 Å². The molecule has 1 aliphatic rings. The maximum Gasteiger partial charge on any atom is 0.224 e. The summed E-state index contributed by atoms with van der Waals surface area (Å²) in [6.45, 7) is 2.51. The number of hydrogen-bond donors (Lipinski definition) is 2. The van der Waals surface area contributed by atoms with Crippen LogP contribution in [0, 0.1) is 5.92 Å². The van der Waals surface area contributed by atoms with Crippen molar-refractivity contribution < 1.29 is 4.79 Å². The summed E-state index contributed by atoms with van der Waals surface area (Å²) in [5, 5.41) is 6.20. The summed E-state index contributed by atoms with van der Waals surface area (Å²) in [6.07, 6.45) is 1.85. The smallest absolute Gasteiger partial charge is 0.224 e. The Labute approximate surface area is 122 Å². The zero-order valence-electron chi connectivity index (χ0n) is 10.1. The zero-order chi connectivity index (χ0) is 12.1. The first-order valence-corrected chi connectivity index (χ1v) is 6.78. The number of carbonyl (C=O) groups is 1. The van der Waals surface area contributed by atoms with Gasteiger partial charge in [-0.2, -0.15) is 0 Å². The highest BCUT2D eigenvalue weighted by Gasteiger charge is 2.21. The molecule has 1 saturated heterocycles. The maximum atomic E-state index is 11.7. The average Bonchev–Trinajstić information content (AvgIpc) is 2.85. The van der Waals surface area contributed by atoms with Gasteiger partial charge in [0, 0.05) is 17.6 Å². The molecule has 1 fully saturated rings. The zero-order valence-corrected chi connectivity index (χ0v) is 12.5. The fraction of sp³-hybridized carbons (Fsp3) is 0.462. The highest BCUT2D eigenvalue weighted by molar-refractivity contribution is 9.10. The quantitative estimate of drug-likeness (QED) is 0.886. The summed E-state index contributed by atoms with van der Waals surface area (Å²) < 4.78 is 1.09. The van der Waals surface area contributed by atoms with Crippen LogP contribution in [0.2, 0.25) is 0 Å². The monoisotopic (exact) mass is 332 g/mol. The van der Waals surface area contributed by atoms with Crippen molar-refractivity contribution in [2.75, 3.05) is 19.6 Å². The molecule has 1 aromatic carbocycles. The summed E-state index contributed by atoms with van der Waals surface area (Å²) >= 11 is 3.40. The van der Waals surface area contributed by atoms with E-state index in [4.69, 9.17) is 0 Å². The minimum Gasteiger partial charge on any atom is -0.355 e. The Bertz CT molecular complexity index is 377. The molecule has 3 nitrogen and oxygen atoms in total. The van der Waals surface area contributed by atoms with Crippen molar-refractivity contribution in [3.63, 3.8) is 0 Å².